The van der Waals surface area contributed by atoms with Crippen LogP contribution in [0, 0.1) is 0 Å². The zero-order valence-corrected chi connectivity index (χ0v) is 13.4. The van der Waals surface area contributed by atoms with E-state index in [0.717, 1.165) is 5.56 Å². The number of amides is 2. The largest absolute Gasteiger partial charge is 0.481 e. The highest BCUT2D eigenvalue weighted by Gasteiger charge is 2.17. The lowest BCUT2D eigenvalue weighted by Crippen LogP contribution is -2.38. The number of carboxylic acids is 1. The molecule has 5 nitrogen and oxygen atoms in total. The van der Waals surface area contributed by atoms with Crippen molar-refractivity contribution in [2.45, 2.75) is 31.4 Å². The van der Waals surface area contributed by atoms with Crippen LogP contribution in [-0.4, -0.2) is 34.7 Å². The van der Waals surface area contributed by atoms with Crippen LogP contribution in [-0.2, 0) is 11.2 Å². The highest BCUT2D eigenvalue weighted by atomic mass is 32.2. The summed E-state index contributed by atoms with van der Waals surface area (Å²) in [4.78, 5) is 22.6. The van der Waals surface area contributed by atoms with Gasteiger partial charge in [-0.1, -0.05) is 18.2 Å². The van der Waals surface area contributed by atoms with Crippen LogP contribution in [0.3, 0.4) is 0 Å². The fourth-order valence-corrected chi connectivity index (χ4v) is 1.85. The van der Waals surface area contributed by atoms with E-state index in [1.165, 1.54) is 0 Å². The maximum Gasteiger partial charge on any atom is 0.319 e. The Morgan fingerprint density at radius 1 is 1.29 bits per heavy atom. The summed E-state index contributed by atoms with van der Waals surface area (Å²) in [5.74, 6) is -0.851. The van der Waals surface area contributed by atoms with Crippen molar-refractivity contribution in [3.63, 3.8) is 0 Å². The van der Waals surface area contributed by atoms with Crippen molar-refractivity contribution in [3.8, 4) is 0 Å². The molecule has 1 aromatic carbocycles. The van der Waals surface area contributed by atoms with E-state index in [-0.39, 0.29) is 17.2 Å². The topological polar surface area (TPSA) is 78.4 Å². The molecule has 21 heavy (non-hydrogen) atoms. The number of nitrogens with one attached hydrogen (secondary N) is 2. The summed E-state index contributed by atoms with van der Waals surface area (Å²) < 4.78 is -0.0276. The molecule has 0 fully saturated rings. The molecule has 0 unspecified atom stereocenters. The van der Waals surface area contributed by atoms with E-state index >= 15 is 0 Å². The minimum atomic E-state index is -0.851. The van der Waals surface area contributed by atoms with Crippen molar-refractivity contribution in [3.05, 3.63) is 29.8 Å². The molecule has 0 aliphatic rings. The molecule has 2 amide bonds. The lowest BCUT2D eigenvalue weighted by molar-refractivity contribution is -0.136. The highest BCUT2D eigenvalue weighted by Crippen LogP contribution is 2.20. The van der Waals surface area contributed by atoms with Gasteiger partial charge in [0, 0.05) is 23.4 Å². The normalized spacial score (nSPS) is 11.0. The molecule has 3 N–H and O–H groups in total. The van der Waals surface area contributed by atoms with E-state index in [1.807, 2.05) is 24.5 Å². The van der Waals surface area contributed by atoms with Crippen LogP contribution in [0.5, 0.6) is 0 Å². The first-order valence-corrected chi connectivity index (χ1v) is 7.96. The first-order valence-electron chi connectivity index (χ1n) is 6.74. The van der Waals surface area contributed by atoms with Gasteiger partial charge in [-0.05, 0) is 38.2 Å². The Labute approximate surface area is 129 Å². The summed E-state index contributed by atoms with van der Waals surface area (Å²) in [6.45, 7) is 4.66. The third-order valence-corrected chi connectivity index (χ3v) is 4.35. The maximum atomic E-state index is 11.9. The first kappa shape index (κ1) is 17.4. The smallest absolute Gasteiger partial charge is 0.319 e. The average molecular weight is 310 g/mol. The summed E-state index contributed by atoms with van der Waals surface area (Å²) in [5.41, 5.74) is 1.47. The average Bonchev–Trinajstić information content (AvgIpc) is 2.44. The Kier molecular flexibility index (Phi) is 6.55. The SMILES string of the molecule is CSC(C)(C)CNC(=O)Nc1ccccc1CCC(=O)O. The quantitative estimate of drug-likeness (QED) is 0.723. The second kappa shape index (κ2) is 7.93. The molecular formula is C15H22N2O3S. The molecule has 6 heteroatoms. The van der Waals surface area contributed by atoms with Gasteiger partial charge in [0.2, 0.25) is 0 Å². The number of aliphatic carboxylic acids is 1. The Balaban J connectivity index is 2.61. The van der Waals surface area contributed by atoms with Crippen LogP contribution in [0.4, 0.5) is 10.5 Å². The van der Waals surface area contributed by atoms with Crippen LogP contribution in [0.1, 0.15) is 25.8 Å². The van der Waals surface area contributed by atoms with E-state index in [1.54, 1.807) is 17.8 Å². The van der Waals surface area contributed by atoms with Gasteiger partial charge >= 0.3 is 12.0 Å². The van der Waals surface area contributed by atoms with Crippen molar-refractivity contribution in [1.29, 1.82) is 0 Å². The van der Waals surface area contributed by atoms with Crippen molar-refractivity contribution < 1.29 is 14.7 Å². The molecule has 0 heterocycles. The molecule has 0 atom stereocenters. The number of rotatable bonds is 7. The second-order valence-corrected chi connectivity index (χ2v) is 6.84. The Hall–Kier alpha value is -1.69. The van der Waals surface area contributed by atoms with Crippen LogP contribution in [0.25, 0.3) is 0 Å². The molecule has 1 rings (SSSR count). The van der Waals surface area contributed by atoms with Crippen molar-refractivity contribution >= 4 is 29.4 Å². The molecule has 0 aliphatic heterocycles. The number of urea groups is 1. The summed E-state index contributed by atoms with van der Waals surface area (Å²) >= 11 is 1.68. The summed E-state index contributed by atoms with van der Waals surface area (Å²) in [6, 6.07) is 6.96. The highest BCUT2D eigenvalue weighted by molar-refractivity contribution is 7.99. The number of para-hydroxylation sites is 1. The van der Waals surface area contributed by atoms with Crippen molar-refractivity contribution in [2.75, 3.05) is 18.1 Å². The van der Waals surface area contributed by atoms with Crippen molar-refractivity contribution in [2.24, 2.45) is 0 Å². The number of hydrogen-bond acceptors (Lipinski definition) is 3. The number of carbonyl (C=O) groups is 2. The molecule has 0 bridgehead atoms. The standard InChI is InChI=1S/C15H22N2O3S/c1-15(2,21-3)10-16-14(20)17-12-7-5-4-6-11(12)8-9-13(18)19/h4-7H,8-10H2,1-3H3,(H,18,19)(H2,16,17,20). The minimum Gasteiger partial charge on any atom is -0.481 e. The lowest BCUT2D eigenvalue weighted by Gasteiger charge is -2.22. The Morgan fingerprint density at radius 2 is 1.95 bits per heavy atom. The molecule has 1 aromatic rings. The number of benzene rings is 1. The zero-order chi connectivity index (χ0) is 15.9. The zero-order valence-electron chi connectivity index (χ0n) is 12.6. The van der Waals surface area contributed by atoms with E-state index in [4.69, 9.17) is 5.11 Å². The van der Waals surface area contributed by atoms with Gasteiger partial charge in [-0.15, -0.1) is 0 Å². The fraction of sp³-hybridized carbons (Fsp3) is 0.467. The van der Waals surface area contributed by atoms with Crippen LogP contribution >= 0.6 is 11.8 Å². The predicted octanol–water partition coefficient (Wildman–Crippen LogP) is 2.97. The number of anilines is 1. The third-order valence-electron chi connectivity index (χ3n) is 3.10. The van der Waals surface area contributed by atoms with Crippen LogP contribution < -0.4 is 10.6 Å². The van der Waals surface area contributed by atoms with E-state index in [0.29, 0.717) is 18.7 Å². The second-order valence-electron chi connectivity index (χ2n) is 5.32. The fourth-order valence-electron chi connectivity index (χ4n) is 1.63. The monoisotopic (exact) mass is 310 g/mol. The van der Waals surface area contributed by atoms with Gasteiger partial charge in [-0.25, -0.2) is 4.79 Å². The molecule has 0 spiro atoms. The van der Waals surface area contributed by atoms with Gasteiger partial charge in [0.15, 0.2) is 0 Å². The summed E-state index contributed by atoms with van der Waals surface area (Å²) in [6.07, 6.45) is 2.43. The molecule has 0 saturated carbocycles. The third kappa shape index (κ3) is 6.53. The first-order chi connectivity index (χ1) is 9.84. The van der Waals surface area contributed by atoms with Gasteiger partial charge < -0.3 is 15.7 Å². The van der Waals surface area contributed by atoms with E-state index in [2.05, 4.69) is 24.5 Å². The number of carboxylic acid groups (broad SMARTS) is 1. The number of hydrogen-bond donors (Lipinski definition) is 3. The number of aryl methyl sites for hydroxylation is 1. The van der Waals surface area contributed by atoms with E-state index in [9.17, 15) is 9.59 Å². The van der Waals surface area contributed by atoms with Crippen LogP contribution in [0.15, 0.2) is 24.3 Å². The molecule has 0 radical (unpaired) electrons. The molecule has 0 saturated heterocycles. The molecule has 0 aliphatic carbocycles. The van der Waals surface area contributed by atoms with Crippen molar-refractivity contribution in [1.82, 2.24) is 5.32 Å². The van der Waals surface area contributed by atoms with E-state index < -0.39 is 5.97 Å². The summed E-state index contributed by atoms with van der Waals surface area (Å²) in [5, 5.41) is 14.4. The minimum absolute atomic E-state index is 0.0276. The molecule has 0 aromatic heterocycles. The van der Waals surface area contributed by atoms with Gasteiger partial charge in [0.05, 0.1) is 0 Å². The molecular weight excluding hydrogens is 288 g/mol. The van der Waals surface area contributed by atoms with Gasteiger partial charge in [0.25, 0.3) is 0 Å². The van der Waals surface area contributed by atoms with Gasteiger partial charge in [-0.3, -0.25) is 4.79 Å². The maximum absolute atomic E-state index is 11.9. The van der Waals surface area contributed by atoms with Crippen LogP contribution in [0.2, 0.25) is 0 Å². The lowest BCUT2D eigenvalue weighted by atomic mass is 10.1. The number of thioether (sulfide) groups is 1. The predicted molar refractivity (Wildman–Crippen MR) is 87.0 cm³/mol. The Bertz CT molecular complexity index is 503. The number of carbonyl (C=O) groups excluding carboxylic acids is 1. The molecule has 116 valence electrons. The summed E-state index contributed by atoms with van der Waals surface area (Å²) in [7, 11) is 0. The van der Waals surface area contributed by atoms with Gasteiger partial charge in [0.1, 0.15) is 0 Å². The van der Waals surface area contributed by atoms with Gasteiger partial charge in [-0.2, -0.15) is 11.8 Å². The Morgan fingerprint density at radius 3 is 2.57 bits per heavy atom.